The van der Waals surface area contributed by atoms with Gasteiger partial charge in [0.25, 0.3) is 0 Å². The molecule has 0 saturated carbocycles. The van der Waals surface area contributed by atoms with Crippen LogP contribution < -0.4 is 10.1 Å². The van der Waals surface area contributed by atoms with E-state index in [4.69, 9.17) is 9.47 Å². The third-order valence-electron chi connectivity index (χ3n) is 6.29. The zero-order valence-corrected chi connectivity index (χ0v) is 19.5. The standard InChI is InChI=1S/C29H36N2O2/c1-3-10-25(11-4-1)14-9-16-28(31-20-18-30-19-21-31)24-32-23-27-15-7-8-17-29(27)33-22-26-12-5-2-6-13-26/h1-8,10-13,15,17,28,30H,9,14,16,18-24H2. The monoisotopic (exact) mass is 444 g/mol. The van der Waals surface area contributed by atoms with Crippen molar-refractivity contribution in [3.05, 3.63) is 102 Å². The van der Waals surface area contributed by atoms with Crippen molar-refractivity contribution in [3.63, 3.8) is 0 Å². The van der Waals surface area contributed by atoms with Gasteiger partial charge in [-0.15, -0.1) is 0 Å². The molecule has 1 aliphatic heterocycles. The van der Waals surface area contributed by atoms with Gasteiger partial charge >= 0.3 is 0 Å². The first-order valence-electron chi connectivity index (χ1n) is 12.2. The Morgan fingerprint density at radius 2 is 1.42 bits per heavy atom. The minimum absolute atomic E-state index is 0.452. The van der Waals surface area contributed by atoms with Crippen LogP contribution in [0.4, 0.5) is 0 Å². The van der Waals surface area contributed by atoms with Crippen LogP contribution in [0.15, 0.2) is 84.9 Å². The number of piperazine rings is 1. The molecule has 4 rings (SSSR count). The zero-order valence-electron chi connectivity index (χ0n) is 19.5. The lowest BCUT2D eigenvalue weighted by Gasteiger charge is -2.35. The minimum atomic E-state index is 0.452. The van der Waals surface area contributed by atoms with Gasteiger partial charge in [-0.3, -0.25) is 4.90 Å². The van der Waals surface area contributed by atoms with E-state index in [1.165, 1.54) is 17.5 Å². The maximum atomic E-state index is 6.29. The molecule has 1 fully saturated rings. The third-order valence-corrected chi connectivity index (χ3v) is 6.29. The van der Waals surface area contributed by atoms with Crippen molar-refractivity contribution >= 4 is 0 Å². The number of benzene rings is 3. The van der Waals surface area contributed by atoms with Crippen LogP contribution in [0.3, 0.4) is 0 Å². The van der Waals surface area contributed by atoms with Crippen molar-refractivity contribution in [2.45, 2.75) is 38.5 Å². The number of para-hydroxylation sites is 1. The largest absolute Gasteiger partial charge is 0.489 e. The highest BCUT2D eigenvalue weighted by molar-refractivity contribution is 5.33. The quantitative estimate of drug-likeness (QED) is 0.422. The van der Waals surface area contributed by atoms with E-state index in [0.29, 0.717) is 19.3 Å². The second-order valence-corrected chi connectivity index (χ2v) is 8.71. The van der Waals surface area contributed by atoms with E-state index < -0.39 is 0 Å². The maximum Gasteiger partial charge on any atom is 0.125 e. The van der Waals surface area contributed by atoms with Crippen molar-refractivity contribution in [2.24, 2.45) is 0 Å². The van der Waals surface area contributed by atoms with Gasteiger partial charge < -0.3 is 14.8 Å². The molecule has 1 unspecified atom stereocenters. The Morgan fingerprint density at radius 3 is 2.18 bits per heavy atom. The van der Waals surface area contributed by atoms with Crippen LogP contribution in [0.25, 0.3) is 0 Å². The molecule has 174 valence electrons. The molecule has 1 aliphatic rings. The molecule has 1 heterocycles. The summed E-state index contributed by atoms with van der Waals surface area (Å²) in [5, 5.41) is 3.47. The molecule has 0 spiro atoms. The molecular formula is C29H36N2O2. The Morgan fingerprint density at radius 1 is 0.758 bits per heavy atom. The number of nitrogens with zero attached hydrogens (tertiary/aromatic N) is 1. The van der Waals surface area contributed by atoms with Gasteiger partial charge in [-0.1, -0.05) is 78.9 Å². The summed E-state index contributed by atoms with van der Waals surface area (Å²) in [4.78, 5) is 2.60. The van der Waals surface area contributed by atoms with E-state index in [2.05, 4.69) is 64.8 Å². The Bertz CT molecular complexity index is 927. The molecule has 0 aromatic heterocycles. The predicted molar refractivity (Wildman–Crippen MR) is 134 cm³/mol. The van der Waals surface area contributed by atoms with Crippen LogP contribution in [0.1, 0.15) is 29.5 Å². The first-order valence-corrected chi connectivity index (χ1v) is 12.2. The summed E-state index contributed by atoms with van der Waals surface area (Å²) in [6, 6.07) is 29.8. The molecule has 1 saturated heterocycles. The lowest BCUT2D eigenvalue weighted by atomic mass is 10.0. The normalized spacial score (nSPS) is 15.3. The highest BCUT2D eigenvalue weighted by Gasteiger charge is 2.20. The molecule has 0 aliphatic carbocycles. The molecule has 3 aromatic carbocycles. The van der Waals surface area contributed by atoms with Gasteiger partial charge in [-0.05, 0) is 36.5 Å². The molecule has 0 amide bonds. The molecule has 0 bridgehead atoms. The molecular weight excluding hydrogens is 408 g/mol. The van der Waals surface area contributed by atoms with Crippen LogP contribution in [-0.4, -0.2) is 43.7 Å². The highest BCUT2D eigenvalue weighted by atomic mass is 16.5. The van der Waals surface area contributed by atoms with E-state index in [-0.39, 0.29) is 0 Å². The zero-order chi connectivity index (χ0) is 22.6. The van der Waals surface area contributed by atoms with E-state index >= 15 is 0 Å². The van der Waals surface area contributed by atoms with Crippen LogP contribution in [0.5, 0.6) is 5.75 Å². The van der Waals surface area contributed by atoms with Crippen LogP contribution in [0, 0.1) is 0 Å². The first kappa shape index (κ1) is 23.5. The van der Waals surface area contributed by atoms with Gasteiger partial charge in [0, 0.05) is 37.8 Å². The van der Waals surface area contributed by atoms with E-state index in [0.717, 1.165) is 56.9 Å². The smallest absolute Gasteiger partial charge is 0.125 e. The summed E-state index contributed by atoms with van der Waals surface area (Å²) >= 11 is 0. The number of hydrogen-bond donors (Lipinski definition) is 1. The van der Waals surface area contributed by atoms with Crippen molar-refractivity contribution in [1.29, 1.82) is 0 Å². The Kier molecular flexibility index (Phi) is 9.36. The van der Waals surface area contributed by atoms with Gasteiger partial charge in [-0.25, -0.2) is 0 Å². The predicted octanol–water partition coefficient (Wildman–Crippen LogP) is 5.08. The van der Waals surface area contributed by atoms with Gasteiger partial charge in [0.1, 0.15) is 12.4 Å². The van der Waals surface area contributed by atoms with Crippen LogP contribution in [0.2, 0.25) is 0 Å². The summed E-state index contributed by atoms with van der Waals surface area (Å²) in [5.74, 6) is 0.907. The molecule has 4 heteroatoms. The molecule has 0 radical (unpaired) electrons. The number of ether oxygens (including phenoxy) is 2. The summed E-state index contributed by atoms with van der Waals surface area (Å²) in [5.41, 5.74) is 3.70. The Balaban J connectivity index is 1.30. The average Bonchev–Trinajstić information content (AvgIpc) is 2.89. The molecule has 1 atom stereocenters. The number of aryl methyl sites for hydroxylation is 1. The average molecular weight is 445 g/mol. The molecule has 4 nitrogen and oxygen atoms in total. The lowest BCUT2D eigenvalue weighted by Crippen LogP contribution is -2.50. The molecule has 3 aromatic rings. The van der Waals surface area contributed by atoms with Crippen molar-refractivity contribution in [2.75, 3.05) is 32.8 Å². The molecule has 33 heavy (non-hydrogen) atoms. The van der Waals surface area contributed by atoms with Crippen molar-refractivity contribution in [1.82, 2.24) is 10.2 Å². The van der Waals surface area contributed by atoms with E-state index in [1.807, 2.05) is 30.3 Å². The summed E-state index contributed by atoms with van der Waals surface area (Å²) in [6.07, 6.45) is 3.46. The minimum Gasteiger partial charge on any atom is -0.489 e. The van der Waals surface area contributed by atoms with E-state index in [1.54, 1.807) is 0 Å². The fourth-order valence-corrected chi connectivity index (χ4v) is 4.41. The van der Waals surface area contributed by atoms with Gasteiger partial charge in [0.15, 0.2) is 0 Å². The highest BCUT2D eigenvalue weighted by Crippen LogP contribution is 2.21. The maximum absolute atomic E-state index is 6.29. The van der Waals surface area contributed by atoms with E-state index in [9.17, 15) is 0 Å². The number of nitrogens with one attached hydrogen (secondary N) is 1. The van der Waals surface area contributed by atoms with Crippen LogP contribution >= 0.6 is 0 Å². The van der Waals surface area contributed by atoms with Crippen molar-refractivity contribution < 1.29 is 9.47 Å². The third kappa shape index (κ3) is 7.71. The van der Waals surface area contributed by atoms with Gasteiger partial charge in [-0.2, -0.15) is 0 Å². The Labute approximate surface area is 198 Å². The van der Waals surface area contributed by atoms with Gasteiger partial charge in [0.2, 0.25) is 0 Å². The summed E-state index contributed by atoms with van der Waals surface area (Å²) in [6.45, 7) is 6.21. The number of hydrogen-bond acceptors (Lipinski definition) is 4. The van der Waals surface area contributed by atoms with Crippen LogP contribution in [-0.2, 0) is 24.4 Å². The SMILES string of the molecule is c1ccc(CCCC(COCc2ccccc2OCc2ccccc2)N2CCNCC2)cc1. The Hall–Kier alpha value is -2.66. The fourth-order valence-electron chi connectivity index (χ4n) is 4.41. The van der Waals surface area contributed by atoms with Gasteiger partial charge in [0.05, 0.1) is 13.2 Å². The van der Waals surface area contributed by atoms with Crippen molar-refractivity contribution in [3.8, 4) is 5.75 Å². The molecule has 1 N–H and O–H groups in total. The number of rotatable bonds is 12. The summed E-state index contributed by atoms with van der Waals surface area (Å²) in [7, 11) is 0. The fraction of sp³-hybridized carbons (Fsp3) is 0.379. The lowest BCUT2D eigenvalue weighted by molar-refractivity contribution is 0.0396. The topological polar surface area (TPSA) is 33.7 Å². The summed E-state index contributed by atoms with van der Waals surface area (Å²) < 4.78 is 12.4. The first-order chi connectivity index (χ1) is 16.4. The second-order valence-electron chi connectivity index (χ2n) is 8.71. The second kappa shape index (κ2) is 13.1.